The van der Waals surface area contributed by atoms with E-state index in [9.17, 15) is 15.0 Å². The van der Waals surface area contributed by atoms with Crippen molar-refractivity contribution >= 4 is 5.91 Å². The van der Waals surface area contributed by atoms with Gasteiger partial charge in [0.2, 0.25) is 5.91 Å². The minimum Gasteiger partial charge on any atom is -0.394 e. The predicted molar refractivity (Wildman–Crippen MR) is 267 cm³/mol. The van der Waals surface area contributed by atoms with Crippen molar-refractivity contribution in [2.24, 2.45) is 0 Å². The predicted octanol–water partition coefficient (Wildman–Crippen LogP) is 17.5. The van der Waals surface area contributed by atoms with E-state index >= 15 is 0 Å². The lowest BCUT2D eigenvalue weighted by atomic mass is 10.0. The van der Waals surface area contributed by atoms with Gasteiger partial charge < -0.3 is 15.5 Å². The minimum atomic E-state index is -0.871. The zero-order chi connectivity index (χ0) is 43.5. The smallest absolute Gasteiger partial charge is 0.220 e. The molecule has 3 N–H and O–H groups in total. The fourth-order valence-electron chi connectivity index (χ4n) is 8.15. The molecule has 0 aromatic carbocycles. The average Bonchev–Trinajstić information content (AvgIpc) is 3.25. The first kappa shape index (κ1) is 58.4. The van der Waals surface area contributed by atoms with Crippen LogP contribution in [0.2, 0.25) is 0 Å². The number of aliphatic hydroxyl groups is 2. The normalized spacial score (nSPS) is 13.2. The van der Waals surface area contributed by atoms with Crippen LogP contribution in [-0.4, -0.2) is 34.9 Å². The van der Waals surface area contributed by atoms with Crippen LogP contribution in [0.15, 0.2) is 48.6 Å². The lowest BCUT2D eigenvalue weighted by molar-refractivity contribution is -0.123. The molecule has 352 valence electrons. The molecule has 2 atom stereocenters. The molecule has 4 heteroatoms. The van der Waals surface area contributed by atoms with Crippen LogP contribution in [0, 0.1) is 0 Å². The molecular formula is C56H105NO3. The molecule has 0 saturated heterocycles. The van der Waals surface area contributed by atoms with Crippen LogP contribution in [0.1, 0.15) is 284 Å². The second-order valence-electron chi connectivity index (χ2n) is 18.3. The number of carbonyl (C=O) groups excluding carboxylic acids is 1. The molecule has 0 saturated carbocycles. The highest BCUT2D eigenvalue weighted by Crippen LogP contribution is 2.16. The highest BCUT2D eigenvalue weighted by atomic mass is 16.3. The molecule has 0 aliphatic carbocycles. The van der Waals surface area contributed by atoms with Crippen LogP contribution in [0.3, 0.4) is 0 Å². The third-order valence-electron chi connectivity index (χ3n) is 12.3. The Morgan fingerprint density at radius 3 is 0.967 bits per heavy atom. The van der Waals surface area contributed by atoms with Crippen molar-refractivity contribution in [2.75, 3.05) is 6.61 Å². The van der Waals surface area contributed by atoms with Crippen LogP contribution in [0.5, 0.6) is 0 Å². The van der Waals surface area contributed by atoms with Crippen molar-refractivity contribution in [1.29, 1.82) is 0 Å². The molecular weight excluding hydrogens is 735 g/mol. The molecule has 0 aromatic heterocycles. The molecule has 0 fully saturated rings. The van der Waals surface area contributed by atoms with E-state index in [2.05, 4.69) is 55.6 Å². The monoisotopic (exact) mass is 840 g/mol. The van der Waals surface area contributed by atoms with Crippen molar-refractivity contribution in [1.82, 2.24) is 5.32 Å². The number of allylic oxidation sites excluding steroid dienone is 7. The first-order chi connectivity index (χ1) is 29.7. The van der Waals surface area contributed by atoms with E-state index in [0.29, 0.717) is 6.42 Å². The van der Waals surface area contributed by atoms with Gasteiger partial charge >= 0.3 is 0 Å². The van der Waals surface area contributed by atoms with Gasteiger partial charge in [-0.05, 0) is 70.6 Å². The number of nitrogens with one attached hydrogen (secondary N) is 1. The standard InChI is InChI=1S/C56H105NO3/c1-3-5-7-9-11-13-15-17-19-21-23-25-26-27-28-29-30-32-34-36-38-40-42-44-46-48-50-52-56(60)57-54(53-58)55(59)51-49-47-45-43-41-39-37-35-33-31-24-22-20-18-16-14-12-10-8-6-4-2/h27-28,33,35,41,43,49,51,54-55,58-59H,3-26,29-32,34,36-40,42,44-48,50,52-53H2,1-2H3,(H,57,60)/b28-27-,35-33+,43-41+,51-49+. The van der Waals surface area contributed by atoms with E-state index in [-0.39, 0.29) is 12.5 Å². The fourth-order valence-corrected chi connectivity index (χ4v) is 8.15. The highest BCUT2D eigenvalue weighted by Gasteiger charge is 2.17. The van der Waals surface area contributed by atoms with Gasteiger partial charge in [-0.3, -0.25) is 4.79 Å². The first-order valence-corrected chi connectivity index (χ1v) is 26.9. The number of unbranched alkanes of at least 4 members (excludes halogenated alkanes) is 36. The Morgan fingerprint density at radius 2 is 0.650 bits per heavy atom. The maximum absolute atomic E-state index is 12.4. The van der Waals surface area contributed by atoms with Crippen LogP contribution in [0.4, 0.5) is 0 Å². The van der Waals surface area contributed by atoms with E-state index in [1.807, 2.05) is 6.08 Å². The second-order valence-corrected chi connectivity index (χ2v) is 18.3. The third-order valence-corrected chi connectivity index (χ3v) is 12.3. The summed E-state index contributed by atoms with van der Waals surface area (Å²) in [5, 5.41) is 23.1. The maximum Gasteiger partial charge on any atom is 0.220 e. The molecule has 0 heterocycles. The Hall–Kier alpha value is -1.65. The molecule has 0 aliphatic rings. The Bertz CT molecular complexity index is 954. The first-order valence-electron chi connectivity index (χ1n) is 26.9. The summed E-state index contributed by atoms with van der Waals surface area (Å²) < 4.78 is 0. The summed E-state index contributed by atoms with van der Waals surface area (Å²) in [6, 6.07) is -0.647. The van der Waals surface area contributed by atoms with Gasteiger partial charge in [0.05, 0.1) is 18.8 Å². The lowest BCUT2D eigenvalue weighted by Gasteiger charge is -2.19. The summed E-state index contributed by atoms with van der Waals surface area (Å²) >= 11 is 0. The Kier molecular flexibility index (Phi) is 50.3. The number of aliphatic hydroxyl groups excluding tert-OH is 2. The quantitative estimate of drug-likeness (QED) is 0.0422. The largest absolute Gasteiger partial charge is 0.394 e. The maximum atomic E-state index is 12.4. The van der Waals surface area contributed by atoms with Gasteiger partial charge in [-0.15, -0.1) is 0 Å². The van der Waals surface area contributed by atoms with Gasteiger partial charge in [0.1, 0.15) is 0 Å². The van der Waals surface area contributed by atoms with Crippen molar-refractivity contribution in [3.05, 3.63) is 48.6 Å². The fraction of sp³-hybridized carbons (Fsp3) is 0.839. The number of amides is 1. The highest BCUT2D eigenvalue weighted by molar-refractivity contribution is 5.76. The minimum absolute atomic E-state index is 0.0765. The number of hydrogen-bond acceptors (Lipinski definition) is 3. The van der Waals surface area contributed by atoms with Gasteiger partial charge in [-0.1, -0.05) is 255 Å². The summed E-state index contributed by atoms with van der Waals surface area (Å²) in [7, 11) is 0. The molecule has 0 bridgehead atoms. The molecule has 0 aliphatic heterocycles. The van der Waals surface area contributed by atoms with Crippen LogP contribution >= 0.6 is 0 Å². The van der Waals surface area contributed by atoms with Gasteiger partial charge in [0.15, 0.2) is 0 Å². The van der Waals surface area contributed by atoms with E-state index in [1.54, 1.807) is 6.08 Å². The van der Waals surface area contributed by atoms with Gasteiger partial charge in [0.25, 0.3) is 0 Å². The Morgan fingerprint density at radius 1 is 0.383 bits per heavy atom. The molecule has 4 nitrogen and oxygen atoms in total. The number of carbonyl (C=O) groups is 1. The average molecular weight is 840 g/mol. The molecule has 0 radical (unpaired) electrons. The second kappa shape index (κ2) is 51.7. The van der Waals surface area contributed by atoms with Crippen LogP contribution in [0.25, 0.3) is 0 Å². The number of hydrogen-bond donors (Lipinski definition) is 3. The van der Waals surface area contributed by atoms with Crippen LogP contribution < -0.4 is 5.32 Å². The molecule has 1 amide bonds. The van der Waals surface area contributed by atoms with Crippen LogP contribution in [-0.2, 0) is 4.79 Å². The van der Waals surface area contributed by atoms with Crippen molar-refractivity contribution in [3.63, 3.8) is 0 Å². The van der Waals surface area contributed by atoms with E-state index in [4.69, 9.17) is 0 Å². The Balaban J connectivity index is 3.55. The third kappa shape index (κ3) is 47.4. The van der Waals surface area contributed by atoms with Gasteiger partial charge in [-0.2, -0.15) is 0 Å². The molecule has 0 rings (SSSR count). The van der Waals surface area contributed by atoms with Gasteiger partial charge in [0, 0.05) is 6.42 Å². The molecule has 0 spiro atoms. The Labute approximate surface area is 375 Å². The summed E-state index contributed by atoms with van der Waals surface area (Å²) in [5.74, 6) is -0.0765. The lowest BCUT2D eigenvalue weighted by Crippen LogP contribution is -2.45. The van der Waals surface area contributed by atoms with Gasteiger partial charge in [-0.25, -0.2) is 0 Å². The summed E-state index contributed by atoms with van der Waals surface area (Å²) in [6.45, 7) is 4.32. The summed E-state index contributed by atoms with van der Waals surface area (Å²) in [4.78, 5) is 12.4. The van der Waals surface area contributed by atoms with E-state index in [0.717, 1.165) is 38.5 Å². The summed E-state index contributed by atoms with van der Waals surface area (Å²) in [6.07, 6.45) is 71.2. The van der Waals surface area contributed by atoms with Crippen molar-refractivity contribution in [3.8, 4) is 0 Å². The zero-order valence-corrected chi connectivity index (χ0v) is 40.5. The van der Waals surface area contributed by atoms with Crippen molar-refractivity contribution < 1.29 is 15.0 Å². The van der Waals surface area contributed by atoms with E-state index < -0.39 is 12.1 Å². The molecule has 2 unspecified atom stereocenters. The zero-order valence-electron chi connectivity index (χ0n) is 40.5. The molecule has 0 aromatic rings. The summed E-state index contributed by atoms with van der Waals surface area (Å²) in [5.41, 5.74) is 0. The van der Waals surface area contributed by atoms with E-state index in [1.165, 1.54) is 225 Å². The SMILES string of the molecule is CCCCCCCCCCCCC/C=C/CC/C=C/CC/C=C/C(O)C(CO)NC(=O)CCCCCCCCCCCCC/C=C\CCCCCCCCCCCCCC. The van der Waals surface area contributed by atoms with Crippen molar-refractivity contribution in [2.45, 2.75) is 296 Å². The number of rotatable bonds is 49. The molecule has 60 heavy (non-hydrogen) atoms. The topological polar surface area (TPSA) is 69.6 Å².